The van der Waals surface area contributed by atoms with Crippen LogP contribution in [0.1, 0.15) is 112 Å². The molecule has 39 heavy (non-hydrogen) atoms. The molecule has 2 N–H and O–H groups in total. The lowest BCUT2D eigenvalue weighted by Crippen LogP contribution is -2.29. The molecule has 1 atom stereocenters. The zero-order valence-corrected chi connectivity index (χ0v) is 23.9. The molecule has 7 heteroatoms. The summed E-state index contributed by atoms with van der Waals surface area (Å²) in [7, 11) is 2.22. The van der Waals surface area contributed by atoms with Crippen molar-refractivity contribution in [2.24, 2.45) is 5.92 Å². The van der Waals surface area contributed by atoms with Crippen molar-refractivity contribution in [2.45, 2.75) is 94.8 Å². The van der Waals surface area contributed by atoms with Crippen molar-refractivity contribution >= 4 is 6.47 Å². The maximum atomic E-state index is 13.2. The van der Waals surface area contributed by atoms with Gasteiger partial charge in [0.05, 0.1) is 5.69 Å². The SMILES string of the molecule is CN1CCC(c2cc(C3CCCCC3)n[nH]2)CC1.Fc1cccc([C@@H]2CCN(CCC3CCC3)C2)c1.O=CO. The number of halogens is 1. The average molecular weight is 541 g/mol. The van der Waals surface area contributed by atoms with Gasteiger partial charge in [-0.15, -0.1) is 0 Å². The van der Waals surface area contributed by atoms with E-state index in [2.05, 4.69) is 39.2 Å². The van der Waals surface area contributed by atoms with E-state index in [0.29, 0.717) is 11.8 Å². The molecular weight excluding hydrogens is 491 g/mol. The molecule has 2 aliphatic carbocycles. The van der Waals surface area contributed by atoms with E-state index in [1.807, 2.05) is 6.07 Å². The molecule has 0 amide bonds. The van der Waals surface area contributed by atoms with Gasteiger partial charge in [0.15, 0.2) is 0 Å². The van der Waals surface area contributed by atoms with Crippen molar-refractivity contribution in [1.29, 1.82) is 0 Å². The molecule has 1 aromatic carbocycles. The van der Waals surface area contributed by atoms with Crippen molar-refractivity contribution in [3.8, 4) is 0 Å². The molecule has 1 aromatic heterocycles. The predicted octanol–water partition coefficient (Wildman–Crippen LogP) is 6.77. The largest absolute Gasteiger partial charge is 0.483 e. The summed E-state index contributed by atoms with van der Waals surface area (Å²) in [6.07, 6.45) is 16.3. The van der Waals surface area contributed by atoms with Crippen LogP contribution in [0.2, 0.25) is 0 Å². The van der Waals surface area contributed by atoms with Crippen LogP contribution in [0, 0.1) is 11.7 Å². The Morgan fingerprint density at radius 1 is 0.949 bits per heavy atom. The quantitative estimate of drug-likeness (QED) is 0.396. The van der Waals surface area contributed by atoms with Crippen molar-refractivity contribution < 1.29 is 14.3 Å². The molecule has 2 saturated heterocycles. The third-order valence-corrected chi connectivity index (χ3v) is 9.47. The third kappa shape index (κ3) is 9.14. The van der Waals surface area contributed by atoms with Gasteiger partial charge in [0.25, 0.3) is 6.47 Å². The number of benzene rings is 1. The number of carbonyl (C=O) groups is 1. The molecule has 0 spiro atoms. The lowest BCUT2D eigenvalue weighted by Gasteiger charge is -2.28. The number of rotatable bonds is 6. The first-order chi connectivity index (χ1) is 19.1. The highest BCUT2D eigenvalue weighted by molar-refractivity contribution is 5.32. The van der Waals surface area contributed by atoms with E-state index >= 15 is 0 Å². The Kier molecular flexibility index (Phi) is 11.8. The summed E-state index contributed by atoms with van der Waals surface area (Å²) in [6, 6.07) is 9.52. The number of carboxylic acid groups (broad SMARTS) is 1. The molecule has 6 rings (SSSR count). The first-order valence-electron chi connectivity index (χ1n) is 15.3. The first kappa shape index (κ1) is 29.7. The number of hydrogen-bond acceptors (Lipinski definition) is 4. The highest BCUT2D eigenvalue weighted by Gasteiger charge is 2.26. The fourth-order valence-electron chi connectivity index (χ4n) is 6.70. The van der Waals surface area contributed by atoms with Gasteiger partial charge < -0.3 is 14.9 Å². The Bertz CT molecular complexity index is 980. The zero-order chi connectivity index (χ0) is 27.5. The Labute approximate surface area is 234 Å². The van der Waals surface area contributed by atoms with E-state index in [9.17, 15) is 4.39 Å². The smallest absolute Gasteiger partial charge is 0.290 e. The maximum Gasteiger partial charge on any atom is 0.290 e. The summed E-state index contributed by atoms with van der Waals surface area (Å²) in [5.41, 5.74) is 3.91. The second-order valence-corrected chi connectivity index (χ2v) is 12.2. The van der Waals surface area contributed by atoms with E-state index in [0.717, 1.165) is 18.4 Å². The fourth-order valence-corrected chi connectivity index (χ4v) is 6.70. The predicted molar refractivity (Wildman–Crippen MR) is 155 cm³/mol. The van der Waals surface area contributed by atoms with Crippen LogP contribution >= 0.6 is 0 Å². The Morgan fingerprint density at radius 3 is 2.33 bits per heavy atom. The van der Waals surface area contributed by atoms with Crippen LogP contribution in [0.15, 0.2) is 30.3 Å². The van der Waals surface area contributed by atoms with E-state index in [4.69, 9.17) is 9.90 Å². The minimum atomic E-state index is -0.250. The zero-order valence-electron chi connectivity index (χ0n) is 23.9. The van der Waals surface area contributed by atoms with Crippen LogP contribution in [0.5, 0.6) is 0 Å². The van der Waals surface area contributed by atoms with Gasteiger partial charge in [0.2, 0.25) is 0 Å². The number of likely N-dealkylation sites (tertiary alicyclic amines) is 2. The number of nitrogens with one attached hydrogen (secondary N) is 1. The summed E-state index contributed by atoms with van der Waals surface area (Å²) in [6.45, 7) is 5.76. The molecule has 4 aliphatic rings. The molecule has 2 saturated carbocycles. The highest BCUT2D eigenvalue weighted by Crippen LogP contribution is 2.34. The number of piperidine rings is 1. The second kappa shape index (κ2) is 15.5. The molecule has 0 bridgehead atoms. The minimum absolute atomic E-state index is 0.0968. The van der Waals surface area contributed by atoms with E-state index in [1.54, 1.807) is 6.07 Å². The van der Waals surface area contributed by atoms with E-state index in [1.165, 1.54) is 126 Å². The van der Waals surface area contributed by atoms with Crippen molar-refractivity contribution in [2.75, 3.05) is 39.8 Å². The Morgan fingerprint density at radius 2 is 1.67 bits per heavy atom. The van der Waals surface area contributed by atoms with Crippen LogP contribution in [0.4, 0.5) is 4.39 Å². The van der Waals surface area contributed by atoms with Crippen LogP contribution < -0.4 is 0 Å². The van der Waals surface area contributed by atoms with Crippen molar-refractivity contribution in [3.05, 3.63) is 53.1 Å². The van der Waals surface area contributed by atoms with Gasteiger partial charge in [-0.25, -0.2) is 4.39 Å². The van der Waals surface area contributed by atoms with Crippen LogP contribution in [0.25, 0.3) is 0 Å². The van der Waals surface area contributed by atoms with Gasteiger partial charge >= 0.3 is 0 Å². The number of aromatic amines is 1. The molecule has 2 aliphatic heterocycles. The number of hydrogen-bond donors (Lipinski definition) is 2. The lowest BCUT2D eigenvalue weighted by molar-refractivity contribution is -0.122. The van der Waals surface area contributed by atoms with E-state index < -0.39 is 0 Å². The molecule has 2 aromatic rings. The number of H-pyrrole nitrogens is 1. The highest BCUT2D eigenvalue weighted by atomic mass is 19.1. The van der Waals surface area contributed by atoms with Gasteiger partial charge in [0.1, 0.15) is 5.82 Å². The molecule has 0 unspecified atom stereocenters. The third-order valence-electron chi connectivity index (χ3n) is 9.47. The van der Waals surface area contributed by atoms with Crippen LogP contribution in [-0.4, -0.2) is 71.3 Å². The van der Waals surface area contributed by atoms with Crippen molar-refractivity contribution in [1.82, 2.24) is 20.0 Å². The van der Waals surface area contributed by atoms with E-state index in [-0.39, 0.29) is 12.3 Å². The maximum absolute atomic E-state index is 13.2. The summed E-state index contributed by atoms with van der Waals surface area (Å²) in [4.78, 5) is 13.4. The normalized spacial score (nSPS) is 23.3. The number of nitrogens with zero attached hydrogens (tertiary/aromatic N) is 3. The molecule has 3 heterocycles. The van der Waals surface area contributed by atoms with Gasteiger partial charge in [-0.2, -0.15) is 5.10 Å². The van der Waals surface area contributed by atoms with Gasteiger partial charge in [-0.3, -0.25) is 9.89 Å². The van der Waals surface area contributed by atoms with Gasteiger partial charge in [-0.1, -0.05) is 50.7 Å². The monoisotopic (exact) mass is 540 g/mol. The first-order valence-corrected chi connectivity index (χ1v) is 15.3. The Balaban J connectivity index is 0.000000165. The fraction of sp³-hybridized carbons (Fsp3) is 0.688. The molecule has 0 radical (unpaired) electrons. The minimum Gasteiger partial charge on any atom is -0.483 e. The van der Waals surface area contributed by atoms with Gasteiger partial charge in [-0.05, 0) is 107 Å². The molecular formula is C32H49FN4O2. The topological polar surface area (TPSA) is 72.5 Å². The van der Waals surface area contributed by atoms with Crippen molar-refractivity contribution in [3.63, 3.8) is 0 Å². The molecule has 6 nitrogen and oxygen atoms in total. The number of aromatic nitrogens is 2. The Hall–Kier alpha value is -2.25. The summed E-state index contributed by atoms with van der Waals surface area (Å²) in [5.74, 6) is 2.89. The molecule has 216 valence electrons. The summed E-state index contributed by atoms with van der Waals surface area (Å²) >= 11 is 0. The van der Waals surface area contributed by atoms with Crippen LogP contribution in [-0.2, 0) is 4.79 Å². The van der Waals surface area contributed by atoms with Crippen LogP contribution in [0.3, 0.4) is 0 Å². The summed E-state index contributed by atoms with van der Waals surface area (Å²) in [5, 5.41) is 14.8. The molecule has 4 fully saturated rings. The second-order valence-electron chi connectivity index (χ2n) is 12.2. The van der Waals surface area contributed by atoms with Gasteiger partial charge in [0, 0.05) is 24.1 Å². The lowest BCUT2D eigenvalue weighted by atomic mass is 9.83. The average Bonchev–Trinajstić information content (AvgIpc) is 3.60. The standard InChI is InChI=1S/C16H22FN.C15H25N3.CH2O2/c17-16-6-2-5-14(11-16)15-8-10-18(12-15)9-7-13-3-1-4-13;1-18-9-7-13(8-10-18)15-11-14(16-17-15)12-5-3-2-4-6-12;2-1-3/h2,5-6,11,13,15H,1,3-4,7-10,12H2;11-13H,2-10H2,1H3,(H,16,17);1H,(H,2,3)/t15-;;/m1../s1. The summed E-state index contributed by atoms with van der Waals surface area (Å²) < 4.78 is 13.2.